The van der Waals surface area contributed by atoms with E-state index in [1.54, 1.807) is 20.2 Å². The van der Waals surface area contributed by atoms with Gasteiger partial charge in [-0.15, -0.1) is 0 Å². The van der Waals surface area contributed by atoms with E-state index < -0.39 is 34.0 Å². The molecule has 2 aromatic rings. The van der Waals surface area contributed by atoms with Crippen LogP contribution in [0.5, 0.6) is 0 Å². The molecule has 11 nitrogen and oxygen atoms in total. The number of likely N-dealkylation sites (N-methyl/N-ethyl adjacent to an activating group) is 1. The molecule has 1 amide bonds. The number of piperazine rings is 1. The highest BCUT2D eigenvalue weighted by Gasteiger charge is 2.38. The fourth-order valence-electron chi connectivity index (χ4n) is 3.38. The Balaban J connectivity index is 0.000000708. The van der Waals surface area contributed by atoms with Crippen molar-refractivity contribution < 1.29 is 50.6 Å². The lowest BCUT2D eigenvalue weighted by atomic mass is 10.1. The molecule has 0 bridgehead atoms. The molecule has 0 unspecified atom stereocenters. The van der Waals surface area contributed by atoms with Gasteiger partial charge in [0.2, 0.25) is 5.91 Å². The van der Waals surface area contributed by atoms with Crippen LogP contribution >= 0.6 is 11.6 Å². The standard InChI is InChI=1S/C21H24ClFN4O5S.C2HF3O2/c1-25(2)20(28)13-26-7-9-27(10-8-26)15-4-5-18(16(12-15)21(29)30)24-33(31,32)19-6-3-14(23)11-17(19)22;3-2(4,5)1(6)7/h3-6,11-12,24H,7-10,13H2,1-2H3,(H,29,30);(H,6,7). The van der Waals surface area contributed by atoms with E-state index in [0.29, 0.717) is 38.4 Å². The van der Waals surface area contributed by atoms with Crippen LogP contribution in [0.3, 0.4) is 0 Å². The number of hydrogen-bond donors (Lipinski definition) is 3. The molecule has 3 N–H and O–H groups in total. The van der Waals surface area contributed by atoms with Crippen LogP contribution in [0.2, 0.25) is 5.02 Å². The lowest BCUT2D eigenvalue weighted by Gasteiger charge is -2.36. The molecule has 1 aliphatic heterocycles. The van der Waals surface area contributed by atoms with Crippen LogP contribution in [0, 0.1) is 5.82 Å². The molecule has 0 atom stereocenters. The van der Waals surface area contributed by atoms with Crippen molar-refractivity contribution in [3.63, 3.8) is 0 Å². The number of alkyl halides is 3. The number of rotatable bonds is 7. The minimum Gasteiger partial charge on any atom is -0.478 e. The molecule has 3 rings (SSSR count). The van der Waals surface area contributed by atoms with E-state index in [1.165, 1.54) is 17.0 Å². The summed E-state index contributed by atoms with van der Waals surface area (Å²) in [5, 5.41) is 16.5. The second-order valence-corrected chi connectivity index (χ2v) is 10.6. The van der Waals surface area contributed by atoms with Gasteiger partial charge in [-0.3, -0.25) is 14.4 Å². The Hall–Kier alpha value is -3.63. The Morgan fingerprint density at radius 1 is 1.02 bits per heavy atom. The number of carbonyl (C=O) groups is 3. The number of halogens is 5. The molecule has 2 aromatic carbocycles. The zero-order valence-electron chi connectivity index (χ0n) is 21.1. The highest BCUT2D eigenvalue weighted by molar-refractivity contribution is 7.92. The van der Waals surface area contributed by atoms with E-state index in [-0.39, 0.29) is 27.1 Å². The molecule has 0 aliphatic carbocycles. The molecule has 1 aliphatic rings. The van der Waals surface area contributed by atoms with Gasteiger partial charge in [0.1, 0.15) is 10.7 Å². The van der Waals surface area contributed by atoms with Crippen molar-refractivity contribution >= 4 is 50.8 Å². The molecule has 0 radical (unpaired) electrons. The lowest BCUT2D eigenvalue weighted by Crippen LogP contribution is -2.49. The number of carboxylic acids is 2. The topological polar surface area (TPSA) is 148 Å². The summed E-state index contributed by atoms with van der Waals surface area (Å²) < 4.78 is 72.7. The van der Waals surface area contributed by atoms with Gasteiger partial charge in [-0.2, -0.15) is 13.2 Å². The summed E-state index contributed by atoms with van der Waals surface area (Å²) in [6, 6.07) is 7.21. The molecular weight excluding hydrogens is 588 g/mol. The van der Waals surface area contributed by atoms with Crippen LogP contribution < -0.4 is 9.62 Å². The number of nitrogens with one attached hydrogen (secondary N) is 1. The first-order valence-electron chi connectivity index (χ1n) is 11.2. The minimum atomic E-state index is -5.08. The maximum atomic E-state index is 13.3. The Morgan fingerprint density at radius 3 is 2.08 bits per heavy atom. The molecule has 220 valence electrons. The first-order chi connectivity index (χ1) is 18.4. The zero-order valence-corrected chi connectivity index (χ0v) is 22.6. The Labute approximate surface area is 231 Å². The Kier molecular flexibility index (Phi) is 10.7. The number of sulfonamides is 1. The Morgan fingerprint density at radius 2 is 1.60 bits per heavy atom. The zero-order chi connectivity index (χ0) is 30.4. The van der Waals surface area contributed by atoms with Gasteiger partial charge in [0, 0.05) is 46.0 Å². The number of benzene rings is 2. The predicted octanol–water partition coefficient (Wildman–Crippen LogP) is 2.82. The van der Waals surface area contributed by atoms with Crippen LogP contribution in [-0.2, 0) is 19.6 Å². The van der Waals surface area contributed by atoms with Gasteiger partial charge in [-0.1, -0.05) is 11.6 Å². The monoisotopic (exact) mass is 612 g/mol. The van der Waals surface area contributed by atoms with Crippen LogP contribution in [0.1, 0.15) is 10.4 Å². The van der Waals surface area contributed by atoms with Gasteiger partial charge in [0.15, 0.2) is 0 Å². The summed E-state index contributed by atoms with van der Waals surface area (Å²) in [6.45, 7) is 2.72. The van der Waals surface area contributed by atoms with Crippen molar-refractivity contribution in [3.05, 3.63) is 52.8 Å². The average Bonchev–Trinajstić information content (AvgIpc) is 2.84. The van der Waals surface area contributed by atoms with Crippen molar-refractivity contribution in [1.82, 2.24) is 9.80 Å². The van der Waals surface area contributed by atoms with Crippen molar-refractivity contribution in [1.29, 1.82) is 0 Å². The quantitative estimate of drug-likeness (QED) is 0.402. The van der Waals surface area contributed by atoms with Crippen LogP contribution in [0.4, 0.5) is 28.9 Å². The molecule has 1 fully saturated rings. The third-order valence-electron chi connectivity index (χ3n) is 5.50. The van der Waals surface area contributed by atoms with E-state index in [9.17, 15) is 40.7 Å². The second-order valence-electron chi connectivity index (χ2n) is 8.57. The summed E-state index contributed by atoms with van der Waals surface area (Å²) in [4.78, 5) is 37.8. The third kappa shape index (κ3) is 8.96. The molecule has 0 saturated carbocycles. The van der Waals surface area contributed by atoms with E-state index in [1.807, 2.05) is 9.80 Å². The van der Waals surface area contributed by atoms with E-state index in [4.69, 9.17) is 21.5 Å². The van der Waals surface area contributed by atoms with Gasteiger partial charge in [0.05, 0.1) is 22.8 Å². The number of amides is 1. The number of carbonyl (C=O) groups excluding carboxylic acids is 1. The maximum Gasteiger partial charge on any atom is 0.490 e. The molecule has 1 saturated heterocycles. The first-order valence-corrected chi connectivity index (χ1v) is 13.1. The van der Waals surface area contributed by atoms with Gasteiger partial charge in [-0.25, -0.2) is 22.4 Å². The summed E-state index contributed by atoms with van der Waals surface area (Å²) in [5.74, 6) is -4.75. The first kappa shape index (κ1) is 32.6. The van der Waals surface area contributed by atoms with Crippen molar-refractivity contribution in [2.75, 3.05) is 56.4 Å². The third-order valence-corrected chi connectivity index (χ3v) is 7.35. The Bertz CT molecular complexity index is 1370. The maximum absolute atomic E-state index is 13.3. The summed E-state index contributed by atoms with van der Waals surface area (Å²) in [5.41, 5.74) is 0.245. The normalized spacial score (nSPS) is 14.1. The van der Waals surface area contributed by atoms with Crippen molar-refractivity contribution in [2.45, 2.75) is 11.1 Å². The summed E-state index contributed by atoms with van der Waals surface area (Å²) >= 11 is 5.86. The van der Waals surface area contributed by atoms with Gasteiger partial charge >= 0.3 is 18.1 Å². The molecule has 40 heavy (non-hydrogen) atoms. The highest BCUT2D eigenvalue weighted by Crippen LogP contribution is 2.29. The number of anilines is 2. The number of carboxylic acid groups (broad SMARTS) is 2. The van der Waals surface area contributed by atoms with E-state index >= 15 is 0 Å². The lowest BCUT2D eigenvalue weighted by molar-refractivity contribution is -0.192. The smallest absolute Gasteiger partial charge is 0.478 e. The molecule has 1 heterocycles. The largest absolute Gasteiger partial charge is 0.490 e. The van der Waals surface area contributed by atoms with Crippen LogP contribution in [0.25, 0.3) is 0 Å². The molecule has 17 heteroatoms. The SMILES string of the molecule is CN(C)C(=O)CN1CCN(c2ccc(NS(=O)(=O)c3ccc(F)cc3Cl)c(C(=O)O)c2)CC1.O=C(O)C(F)(F)F. The number of aromatic carboxylic acids is 1. The van der Waals surface area contributed by atoms with E-state index in [2.05, 4.69) is 4.72 Å². The number of hydrogen-bond acceptors (Lipinski definition) is 7. The summed E-state index contributed by atoms with van der Waals surface area (Å²) in [7, 11) is -0.848. The molecule has 0 aromatic heterocycles. The number of nitrogens with zero attached hydrogens (tertiary/aromatic N) is 3. The average molecular weight is 613 g/mol. The van der Waals surface area contributed by atoms with Crippen LogP contribution in [-0.4, -0.2) is 99.3 Å². The van der Waals surface area contributed by atoms with Crippen molar-refractivity contribution in [2.24, 2.45) is 0 Å². The predicted molar refractivity (Wildman–Crippen MR) is 137 cm³/mol. The fourth-order valence-corrected chi connectivity index (χ4v) is 5.00. The van der Waals surface area contributed by atoms with Gasteiger partial charge < -0.3 is 20.0 Å². The van der Waals surface area contributed by atoms with Gasteiger partial charge in [-0.05, 0) is 36.4 Å². The molecular formula is C23H25ClF4N4O7S. The minimum absolute atomic E-state index is 0.00880. The molecule has 0 spiro atoms. The fraction of sp³-hybridized carbons (Fsp3) is 0.348. The van der Waals surface area contributed by atoms with E-state index in [0.717, 1.165) is 18.2 Å². The van der Waals surface area contributed by atoms with Crippen molar-refractivity contribution in [3.8, 4) is 0 Å². The van der Waals surface area contributed by atoms with Crippen LogP contribution in [0.15, 0.2) is 41.3 Å². The highest BCUT2D eigenvalue weighted by atomic mass is 35.5. The number of aliphatic carboxylic acids is 1. The van der Waals surface area contributed by atoms with Gasteiger partial charge in [0.25, 0.3) is 10.0 Å². The second kappa shape index (κ2) is 13.1. The summed E-state index contributed by atoms with van der Waals surface area (Å²) in [6.07, 6.45) is -5.08.